The second-order valence-corrected chi connectivity index (χ2v) is 5.74. The molecule has 0 saturated carbocycles. The molecule has 0 aliphatic rings. The smallest absolute Gasteiger partial charge is 0.274 e. The summed E-state index contributed by atoms with van der Waals surface area (Å²) in [6, 6.07) is 15.1. The fraction of sp³-hybridized carbons (Fsp3) is 0.167. The fourth-order valence-corrected chi connectivity index (χ4v) is 2.98. The maximum Gasteiger partial charge on any atom is 0.274 e. The van der Waals surface area contributed by atoms with Gasteiger partial charge in [-0.1, -0.05) is 23.7 Å². The minimum Gasteiger partial charge on any atom is -0.497 e. The van der Waals surface area contributed by atoms with Gasteiger partial charge in [0.15, 0.2) is 0 Å². The standard InChI is InChI=1S/C18H17ClN2O2/c1-20(13-7-9-14(23-3)10-8-13)16-11-12-5-4-6-15(19)17(12)21(2)18(16)22/h4-11H,1-3H3. The predicted octanol–water partition coefficient (Wildman–Crippen LogP) is 3.97. The molecule has 1 aromatic heterocycles. The largest absolute Gasteiger partial charge is 0.497 e. The summed E-state index contributed by atoms with van der Waals surface area (Å²) < 4.78 is 6.76. The first-order valence-electron chi connectivity index (χ1n) is 7.19. The summed E-state index contributed by atoms with van der Waals surface area (Å²) in [4.78, 5) is 14.6. The lowest BCUT2D eigenvalue weighted by Crippen LogP contribution is -2.25. The van der Waals surface area contributed by atoms with Crippen LogP contribution >= 0.6 is 11.6 Å². The number of pyridine rings is 1. The Labute approximate surface area is 139 Å². The topological polar surface area (TPSA) is 34.5 Å². The SMILES string of the molecule is COc1ccc(N(C)c2cc3cccc(Cl)c3n(C)c2=O)cc1. The van der Waals surface area contributed by atoms with Crippen LogP contribution in [0.5, 0.6) is 5.75 Å². The lowest BCUT2D eigenvalue weighted by Gasteiger charge is -2.21. The molecule has 118 valence electrons. The van der Waals surface area contributed by atoms with Crippen molar-refractivity contribution in [3.8, 4) is 5.75 Å². The molecule has 0 saturated heterocycles. The molecule has 1 heterocycles. The fourth-order valence-electron chi connectivity index (χ4n) is 2.67. The van der Waals surface area contributed by atoms with E-state index in [-0.39, 0.29) is 5.56 Å². The van der Waals surface area contributed by atoms with Gasteiger partial charge in [-0.05, 0) is 36.4 Å². The molecule has 4 nitrogen and oxygen atoms in total. The van der Waals surface area contributed by atoms with Crippen molar-refractivity contribution in [3.63, 3.8) is 0 Å². The van der Waals surface area contributed by atoms with Gasteiger partial charge in [-0.2, -0.15) is 0 Å². The zero-order chi connectivity index (χ0) is 16.6. The molecule has 3 aromatic rings. The van der Waals surface area contributed by atoms with Crippen LogP contribution in [-0.4, -0.2) is 18.7 Å². The monoisotopic (exact) mass is 328 g/mol. The number of hydrogen-bond donors (Lipinski definition) is 0. The van der Waals surface area contributed by atoms with Gasteiger partial charge < -0.3 is 14.2 Å². The highest BCUT2D eigenvalue weighted by Gasteiger charge is 2.13. The highest BCUT2D eigenvalue weighted by atomic mass is 35.5. The number of rotatable bonds is 3. The summed E-state index contributed by atoms with van der Waals surface area (Å²) in [5.41, 5.74) is 2.15. The summed E-state index contributed by atoms with van der Waals surface area (Å²) in [6.07, 6.45) is 0. The number of anilines is 2. The Morgan fingerprint density at radius 2 is 1.83 bits per heavy atom. The molecular formula is C18H17ClN2O2. The van der Waals surface area contributed by atoms with Gasteiger partial charge in [0.25, 0.3) is 5.56 Å². The van der Waals surface area contributed by atoms with Crippen molar-refractivity contribution in [1.29, 1.82) is 0 Å². The number of fused-ring (bicyclic) bond motifs is 1. The normalized spacial score (nSPS) is 10.8. The Morgan fingerprint density at radius 3 is 2.48 bits per heavy atom. The number of halogens is 1. The molecule has 0 aliphatic carbocycles. The van der Waals surface area contributed by atoms with E-state index in [1.807, 2.05) is 54.4 Å². The number of benzene rings is 2. The van der Waals surface area contributed by atoms with Crippen molar-refractivity contribution in [2.45, 2.75) is 0 Å². The number of aromatic nitrogens is 1. The van der Waals surface area contributed by atoms with Crippen LogP contribution in [0.4, 0.5) is 11.4 Å². The van der Waals surface area contributed by atoms with E-state index in [1.54, 1.807) is 24.8 Å². The Morgan fingerprint density at radius 1 is 1.13 bits per heavy atom. The first-order valence-corrected chi connectivity index (χ1v) is 7.57. The van der Waals surface area contributed by atoms with Gasteiger partial charge in [0.1, 0.15) is 11.4 Å². The van der Waals surface area contributed by atoms with Crippen molar-refractivity contribution in [1.82, 2.24) is 4.57 Å². The first kappa shape index (κ1) is 15.4. The molecule has 0 fully saturated rings. The van der Waals surface area contributed by atoms with Gasteiger partial charge in [0.05, 0.1) is 17.6 Å². The number of aryl methyl sites for hydroxylation is 1. The summed E-state index contributed by atoms with van der Waals surface area (Å²) in [7, 11) is 5.23. The van der Waals surface area contributed by atoms with Gasteiger partial charge in [-0.15, -0.1) is 0 Å². The molecule has 0 spiro atoms. The van der Waals surface area contributed by atoms with Crippen molar-refractivity contribution >= 4 is 33.9 Å². The molecule has 0 bridgehead atoms. The zero-order valence-corrected chi connectivity index (χ0v) is 14.0. The summed E-state index contributed by atoms with van der Waals surface area (Å²) in [5, 5.41) is 1.50. The third-order valence-electron chi connectivity index (χ3n) is 3.99. The number of hydrogen-bond acceptors (Lipinski definition) is 3. The second kappa shape index (κ2) is 5.97. The molecule has 5 heteroatoms. The van der Waals surface area contributed by atoms with Crippen LogP contribution in [0.1, 0.15) is 0 Å². The van der Waals surface area contributed by atoms with E-state index in [2.05, 4.69) is 0 Å². The minimum absolute atomic E-state index is 0.0936. The molecule has 3 rings (SSSR count). The Bertz CT molecular complexity index is 917. The Kier molecular flexibility index (Phi) is 4.01. The van der Waals surface area contributed by atoms with Gasteiger partial charge in [-0.3, -0.25) is 4.79 Å². The first-order chi connectivity index (χ1) is 11.0. The van der Waals surface area contributed by atoms with E-state index in [9.17, 15) is 4.79 Å². The quantitative estimate of drug-likeness (QED) is 0.729. The minimum atomic E-state index is -0.0936. The predicted molar refractivity (Wildman–Crippen MR) is 95.3 cm³/mol. The highest BCUT2D eigenvalue weighted by Crippen LogP contribution is 2.28. The van der Waals surface area contributed by atoms with E-state index in [0.29, 0.717) is 10.7 Å². The highest BCUT2D eigenvalue weighted by molar-refractivity contribution is 6.35. The molecule has 2 aromatic carbocycles. The molecule has 23 heavy (non-hydrogen) atoms. The molecule has 0 radical (unpaired) electrons. The molecule has 0 aliphatic heterocycles. The molecule has 0 amide bonds. The Balaban J connectivity index is 2.15. The van der Waals surface area contributed by atoms with Crippen LogP contribution in [-0.2, 0) is 7.05 Å². The number of nitrogens with zero attached hydrogens (tertiary/aromatic N) is 2. The summed E-state index contributed by atoms with van der Waals surface area (Å²) in [5.74, 6) is 0.778. The van der Waals surface area contributed by atoms with E-state index in [0.717, 1.165) is 22.3 Å². The molecule has 0 atom stereocenters. The zero-order valence-electron chi connectivity index (χ0n) is 13.2. The van der Waals surface area contributed by atoms with Gasteiger partial charge in [0.2, 0.25) is 0 Å². The van der Waals surface area contributed by atoms with Crippen LogP contribution in [0.2, 0.25) is 5.02 Å². The molecular weight excluding hydrogens is 312 g/mol. The van der Waals surface area contributed by atoms with Crippen LogP contribution < -0.4 is 15.2 Å². The second-order valence-electron chi connectivity index (χ2n) is 5.33. The average Bonchev–Trinajstić information content (AvgIpc) is 2.57. The van der Waals surface area contributed by atoms with E-state index in [4.69, 9.17) is 16.3 Å². The summed E-state index contributed by atoms with van der Waals surface area (Å²) >= 11 is 6.23. The van der Waals surface area contributed by atoms with E-state index in [1.165, 1.54) is 0 Å². The van der Waals surface area contributed by atoms with Gasteiger partial charge >= 0.3 is 0 Å². The van der Waals surface area contributed by atoms with Crippen LogP contribution in [0.15, 0.2) is 53.3 Å². The van der Waals surface area contributed by atoms with Crippen LogP contribution in [0, 0.1) is 0 Å². The number of para-hydroxylation sites is 1. The van der Waals surface area contributed by atoms with Gasteiger partial charge in [0, 0.05) is 25.2 Å². The summed E-state index contributed by atoms with van der Waals surface area (Å²) in [6.45, 7) is 0. The third-order valence-corrected chi connectivity index (χ3v) is 4.30. The molecule has 0 unspecified atom stereocenters. The maximum absolute atomic E-state index is 12.7. The van der Waals surface area contributed by atoms with Crippen molar-refractivity contribution < 1.29 is 4.74 Å². The lowest BCUT2D eigenvalue weighted by molar-refractivity contribution is 0.415. The third kappa shape index (κ3) is 2.66. The van der Waals surface area contributed by atoms with Crippen molar-refractivity contribution in [2.75, 3.05) is 19.1 Å². The van der Waals surface area contributed by atoms with E-state index >= 15 is 0 Å². The van der Waals surface area contributed by atoms with E-state index < -0.39 is 0 Å². The molecule has 0 N–H and O–H groups in total. The average molecular weight is 329 g/mol. The Hall–Kier alpha value is -2.46. The lowest BCUT2D eigenvalue weighted by atomic mass is 10.2. The van der Waals surface area contributed by atoms with Crippen molar-refractivity contribution in [2.24, 2.45) is 7.05 Å². The number of ether oxygens (including phenoxy) is 1. The maximum atomic E-state index is 12.7. The van der Waals surface area contributed by atoms with Crippen LogP contribution in [0.25, 0.3) is 10.9 Å². The van der Waals surface area contributed by atoms with Crippen LogP contribution in [0.3, 0.4) is 0 Å². The number of methoxy groups -OCH3 is 1. The van der Waals surface area contributed by atoms with Gasteiger partial charge in [-0.25, -0.2) is 0 Å². The van der Waals surface area contributed by atoms with Crippen molar-refractivity contribution in [3.05, 3.63) is 63.9 Å².